The molecule has 44 heavy (non-hydrogen) atoms. The van der Waals surface area contributed by atoms with Crippen LogP contribution in [0.3, 0.4) is 0 Å². The first-order valence-corrected chi connectivity index (χ1v) is 15.7. The van der Waals surface area contributed by atoms with Crippen LogP contribution in [0, 0.1) is 0 Å². The number of rotatable bonds is 10. The Labute approximate surface area is 263 Å². The van der Waals surface area contributed by atoms with Crippen LogP contribution in [-0.4, -0.2) is 68.0 Å². The molecular weight excluding hydrogens is 606 g/mol. The maximum Gasteiger partial charge on any atom is 0.338 e. The van der Waals surface area contributed by atoms with Gasteiger partial charge in [-0.05, 0) is 55.3 Å². The van der Waals surface area contributed by atoms with Crippen molar-refractivity contribution in [2.75, 3.05) is 46.6 Å². The van der Waals surface area contributed by atoms with E-state index in [-0.39, 0.29) is 24.7 Å². The number of amides is 1. The Hall–Kier alpha value is -3.93. The highest BCUT2D eigenvalue weighted by Gasteiger charge is 2.36. The summed E-state index contributed by atoms with van der Waals surface area (Å²) in [6.07, 6.45) is 3.03. The van der Waals surface area contributed by atoms with Gasteiger partial charge in [0, 0.05) is 23.7 Å². The van der Waals surface area contributed by atoms with Gasteiger partial charge in [-0.2, -0.15) is 0 Å². The minimum Gasteiger partial charge on any atom is -0.496 e. The number of hydrogen-bond donors (Lipinski definition) is 0. The molecule has 0 saturated carbocycles. The van der Waals surface area contributed by atoms with Gasteiger partial charge in [0.2, 0.25) is 0 Å². The lowest BCUT2D eigenvalue weighted by molar-refractivity contribution is -0.139. The van der Waals surface area contributed by atoms with Crippen molar-refractivity contribution in [3.8, 4) is 11.5 Å². The number of carbonyl (C=O) groups is 2. The predicted octanol–water partition coefficient (Wildman–Crippen LogP) is 3.48. The normalized spacial score (nSPS) is 16.8. The molecule has 5 rings (SSSR count). The number of esters is 1. The van der Waals surface area contributed by atoms with Crippen LogP contribution in [0.25, 0.3) is 6.08 Å². The fourth-order valence-electron chi connectivity index (χ4n) is 5.19. The molecule has 0 N–H and O–H groups in total. The second kappa shape index (κ2) is 14.2. The minimum atomic E-state index is -0.845. The second-order valence-corrected chi connectivity index (χ2v) is 11.6. The zero-order chi connectivity index (χ0) is 31.2. The van der Waals surface area contributed by atoms with E-state index in [2.05, 4.69) is 0 Å². The van der Waals surface area contributed by atoms with Crippen LogP contribution in [0.5, 0.6) is 11.5 Å². The highest BCUT2D eigenvalue weighted by molar-refractivity contribution is 7.07. The average molecular weight is 640 g/mol. The maximum absolute atomic E-state index is 14.0. The molecule has 10 nitrogen and oxygen atoms in total. The van der Waals surface area contributed by atoms with Crippen LogP contribution in [0.4, 0.5) is 0 Å². The van der Waals surface area contributed by atoms with E-state index in [1.54, 1.807) is 48.2 Å². The van der Waals surface area contributed by atoms with E-state index in [1.165, 1.54) is 23.0 Å². The number of thiazole rings is 1. The van der Waals surface area contributed by atoms with Gasteiger partial charge in [0.15, 0.2) is 11.4 Å². The molecule has 3 aromatic rings. The van der Waals surface area contributed by atoms with Crippen molar-refractivity contribution in [3.63, 3.8) is 0 Å². The summed E-state index contributed by atoms with van der Waals surface area (Å²) in [6, 6.07) is 11.4. The van der Waals surface area contributed by atoms with Crippen LogP contribution >= 0.6 is 22.9 Å². The number of methoxy groups -OCH3 is 1. The lowest BCUT2D eigenvalue weighted by Crippen LogP contribution is -2.42. The first-order chi connectivity index (χ1) is 21.3. The average Bonchev–Trinajstić information content (AvgIpc) is 3.34. The van der Waals surface area contributed by atoms with Gasteiger partial charge in [0.05, 0.1) is 42.7 Å². The first kappa shape index (κ1) is 31.5. The molecule has 0 aliphatic carbocycles. The maximum atomic E-state index is 14.0. The number of hydrogen-bond acceptors (Lipinski definition) is 9. The monoisotopic (exact) mass is 639 g/mol. The molecular formula is C32H34ClN3O7S. The number of nitrogens with zero attached hydrogens (tertiary/aromatic N) is 3. The lowest BCUT2D eigenvalue weighted by Gasteiger charge is -2.27. The smallest absolute Gasteiger partial charge is 0.338 e. The lowest BCUT2D eigenvalue weighted by atomic mass is 9.93. The highest BCUT2D eigenvalue weighted by Crippen LogP contribution is 2.38. The van der Waals surface area contributed by atoms with E-state index in [9.17, 15) is 14.4 Å². The van der Waals surface area contributed by atoms with Gasteiger partial charge in [0.1, 0.15) is 17.5 Å². The summed E-state index contributed by atoms with van der Waals surface area (Å²) in [6.45, 7) is 6.03. The van der Waals surface area contributed by atoms with Crippen molar-refractivity contribution >= 4 is 40.9 Å². The number of aromatic nitrogens is 1. The molecule has 0 spiro atoms. The van der Waals surface area contributed by atoms with Crippen molar-refractivity contribution < 1.29 is 28.5 Å². The number of benzene rings is 2. The Kier molecular flexibility index (Phi) is 10.2. The molecule has 2 aliphatic rings. The number of allylic oxidation sites excluding steroid dienone is 1. The van der Waals surface area contributed by atoms with Crippen molar-refractivity contribution in [3.05, 3.63) is 89.6 Å². The van der Waals surface area contributed by atoms with Crippen LogP contribution in [-0.2, 0) is 19.1 Å². The molecule has 2 aromatic carbocycles. The molecule has 1 saturated heterocycles. The summed E-state index contributed by atoms with van der Waals surface area (Å²) in [7, 11) is 1.53. The van der Waals surface area contributed by atoms with E-state index in [1.807, 2.05) is 19.1 Å². The van der Waals surface area contributed by atoms with Crippen LogP contribution in [0.1, 0.15) is 43.9 Å². The minimum absolute atomic E-state index is 0.0617. The predicted molar refractivity (Wildman–Crippen MR) is 167 cm³/mol. The fraction of sp³-hybridized carbons (Fsp3) is 0.375. The van der Waals surface area contributed by atoms with E-state index >= 15 is 0 Å². The van der Waals surface area contributed by atoms with Crippen molar-refractivity contribution in [2.45, 2.75) is 32.7 Å². The van der Waals surface area contributed by atoms with Gasteiger partial charge in [-0.25, -0.2) is 9.79 Å². The molecule has 232 valence electrons. The largest absolute Gasteiger partial charge is 0.496 e. The molecule has 1 fully saturated rings. The Bertz CT molecular complexity index is 1740. The van der Waals surface area contributed by atoms with Crippen molar-refractivity contribution in [2.24, 2.45) is 4.99 Å². The summed E-state index contributed by atoms with van der Waals surface area (Å²) in [5, 5.41) is 0.439. The topological polar surface area (TPSA) is 109 Å². The van der Waals surface area contributed by atoms with E-state index in [0.29, 0.717) is 75.4 Å². The van der Waals surface area contributed by atoms with Gasteiger partial charge in [0.25, 0.3) is 11.5 Å². The van der Waals surface area contributed by atoms with Crippen LogP contribution in [0.15, 0.2) is 63.5 Å². The number of morpholine rings is 1. The Morgan fingerprint density at radius 2 is 1.89 bits per heavy atom. The zero-order valence-corrected chi connectivity index (χ0v) is 26.4. The highest BCUT2D eigenvalue weighted by atomic mass is 35.5. The Morgan fingerprint density at radius 1 is 1.14 bits per heavy atom. The molecule has 1 atom stereocenters. The second-order valence-electron chi connectivity index (χ2n) is 10.2. The van der Waals surface area contributed by atoms with Gasteiger partial charge in [-0.3, -0.25) is 14.2 Å². The van der Waals surface area contributed by atoms with E-state index in [4.69, 9.17) is 35.5 Å². The zero-order valence-electron chi connectivity index (χ0n) is 24.8. The van der Waals surface area contributed by atoms with Gasteiger partial charge < -0.3 is 23.8 Å². The van der Waals surface area contributed by atoms with Crippen molar-refractivity contribution in [1.29, 1.82) is 0 Å². The molecule has 3 heterocycles. The molecule has 0 bridgehead atoms. The molecule has 12 heteroatoms. The number of ether oxygens (including phenoxy) is 4. The summed E-state index contributed by atoms with van der Waals surface area (Å²) in [5.41, 5.74) is 1.87. The molecule has 1 aromatic heterocycles. The molecule has 0 unspecified atom stereocenters. The SMILES string of the molecule is CCCC1=C(C(=O)OCC)[C@@H](c2cc(Cl)ccc2OC)n2c(s/c(=C\c3ccc(OCC(=O)N4CCOCC4)cc3)c2=O)=N1. The summed E-state index contributed by atoms with van der Waals surface area (Å²) >= 11 is 7.65. The fourth-order valence-corrected chi connectivity index (χ4v) is 6.40. The summed E-state index contributed by atoms with van der Waals surface area (Å²) in [4.78, 5) is 46.8. The third kappa shape index (κ3) is 6.74. The quantitative estimate of drug-likeness (QED) is 0.313. The molecule has 0 radical (unpaired) electrons. The Morgan fingerprint density at radius 3 is 2.57 bits per heavy atom. The van der Waals surface area contributed by atoms with E-state index in [0.717, 1.165) is 12.0 Å². The first-order valence-electron chi connectivity index (χ1n) is 14.5. The third-order valence-corrected chi connectivity index (χ3v) is 8.50. The van der Waals surface area contributed by atoms with Gasteiger partial charge >= 0.3 is 5.97 Å². The summed E-state index contributed by atoms with van der Waals surface area (Å²) < 4.78 is 24.1. The van der Waals surface area contributed by atoms with Gasteiger partial charge in [-0.15, -0.1) is 0 Å². The number of carbonyl (C=O) groups excluding carboxylic acids is 2. The Balaban J connectivity index is 1.52. The van der Waals surface area contributed by atoms with E-state index < -0.39 is 12.0 Å². The molecule has 2 aliphatic heterocycles. The van der Waals surface area contributed by atoms with Crippen LogP contribution < -0.4 is 24.4 Å². The standard InChI is InChI=1S/C32H34ClN3O7S/c1-4-6-24-28(31(39)42-5-2)29(23-18-21(33)9-12-25(23)40-3)36-30(38)26(44-32(36)34-24)17-20-7-10-22(11-8-20)43-19-27(37)35-13-15-41-16-14-35/h7-12,17-18,29H,4-6,13-16,19H2,1-3H3/b26-17-/t29-/m1/s1. The summed E-state index contributed by atoms with van der Waals surface area (Å²) in [5.74, 6) is 0.399. The third-order valence-electron chi connectivity index (χ3n) is 7.28. The van der Waals surface area contributed by atoms with Gasteiger partial charge in [-0.1, -0.05) is 48.4 Å². The number of halogens is 1. The molecule has 1 amide bonds. The van der Waals surface area contributed by atoms with Crippen molar-refractivity contribution in [1.82, 2.24) is 9.47 Å². The number of fused-ring (bicyclic) bond motifs is 1. The van der Waals surface area contributed by atoms with Crippen LogP contribution in [0.2, 0.25) is 5.02 Å².